The van der Waals surface area contributed by atoms with Crippen molar-refractivity contribution in [3.8, 4) is 11.4 Å². The van der Waals surface area contributed by atoms with Crippen molar-refractivity contribution in [3.05, 3.63) is 70.2 Å². The van der Waals surface area contributed by atoms with Gasteiger partial charge in [-0.2, -0.15) is 5.10 Å². The van der Waals surface area contributed by atoms with Crippen molar-refractivity contribution < 1.29 is 4.39 Å². The minimum Gasteiger partial charge on any atom is -0.300 e. The van der Waals surface area contributed by atoms with Crippen LogP contribution < -0.4 is 0 Å². The number of nitrogens with zero attached hydrogens (tertiary/aromatic N) is 4. The number of rotatable bonds is 6. The molecule has 0 fully saturated rings. The van der Waals surface area contributed by atoms with Crippen molar-refractivity contribution in [2.75, 3.05) is 7.05 Å². The van der Waals surface area contributed by atoms with Gasteiger partial charge in [0.1, 0.15) is 5.82 Å². The molecule has 6 heteroatoms. The van der Waals surface area contributed by atoms with E-state index in [-0.39, 0.29) is 5.82 Å². The van der Waals surface area contributed by atoms with Gasteiger partial charge in [-0.05, 0) is 56.4 Å². The predicted octanol–water partition coefficient (Wildman–Crippen LogP) is 4.64. The average Bonchev–Trinajstić information content (AvgIpc) is 2.93. The van der Waals surface area contributed by atoms with E-state index < -0.39 is 0 Å². The molecule has 0 radical (unpaired) electrons. The average molecular weight is 370 g/mol. The number of aromatic nitrogens is 3. The fraction of sp³-hybridized carbons (Fsp3) is 0.300. The molecule has 0 unspecified atom stereocenters. The molecular formula is C20H23FN4S. The predicted molar refractivity (Wildman–Crippen MR) is 105 cm³/mol. The van der Waals surface area contributed by atoms with Crippen LogP contribution in [0.5, 0.6) is 0 Å². The Hall–Kier alpha value is -2.31. The highest BCUT2D eigenvalue weighted by atomic mass is 32.1. The summed E-state index contributed by atoms with van der Waals surface area (Å²) in [5.41, 5.74) is 3.32. The van der Waals surface area contributed by atoms with Gasteiger partial charge < -0.3 is 4.57 Å². The smallest absolute Gasteiger partial charge is 0.199 e. The lowest BCUT2D eigenvalue weighted by molar-refractivity contribution is 0.244. The number of benzene rings is 2. The topological polar surface area (TPSA) is 26.0 Å². The van der Waals surface area contributed by atoms with Gasteiger partial charge in [0.2, 0.25) is 0 Å². The molecule has 136 valence electrons. The molecule has 0 saturated heterocycles. The summed E-state index contributed by atoms with van der Waals surface area (Å²) in [7, 11) is 2.00. The third-order valence-electron chi connectivity index (χ3n) is 4.37. The fourth-order valence-electron chi connectivity index (χ4n) is 3.02. The van der Waals surface area contributed by atoms with Gasteiger partial charge in [-0.25, -0.2) is 9.07 Å². The minimum atomic E-state index is -0.219. The molecular weight excluding hydrogens is 347 g/mol. The van der Waals surface area contributed by atoms with Crippen LogP contribution in [-0.4, -0.2) is 26.3 Å². The first-order valence-corrected chi connectivity index (χ1v) is 9.07. The van der Waals surface area contributed by atoms with E-state index in [4.69, 9.17) is 17.3 Å². The van der Waals surface area contributed by atoms with E-state index in [1.54, 1.807) is 12.1 Å². The van der Waals surface area contributed by atoms with E-state index in [1.807, 2.05) is 23.9 Å². The van der Waals surface area contributed by atoms with Crippen LogP contribution >= 0.6 is 12.2 Å². The van der Waals surface area contributed by atoms with Crippen LogP contribution in [0.2, 0.25) is 0 Å². The zero-order chi connectivity index (χ0) is 18.7. The zero-order valence-electron chi connectivity index (χ0n) is 15.3. The Balaban J connectivity index is 1.85. The van der Waals surface area contributed by atoms with Crippen LogP contribution in [0, 0.1) is 17.5 Å². The molecule has 26 heavy (non-hydrogen) atoms. The maximum absolute atomic E-state index is 13.1. The van der Waals surface area contributed by atoms with Gasteiger partial charge >= 0.3 is 0 Å². The third kappa shape index (κ3) is 3.92. The van der Waals surface area contributed by atoms with Gasteiger partial charge in [0, 0.05) is 18.7 Å². The second-order valence-electron chi connectivity index (χ2n) is 6.45. The summed E-state index contributed by atoms with van der Waals surface area (Å²) in [4.78, 5) is 2.11. The third-order valence-corrected chi connectivity index (χ3v) is 4.80. The summed E-state index contributed by atoms with van der Waals surface area (Å²) in [6, 6.07) is 14.8. The van der Waals surface area contributed by atoms with E-state index in [0.29, 0.717) is 18.0 Å². The largest absolute Gasteiger partial charge is 0.300 e. The lowest BCUT2D eigenvalue weighted by atomic mass is 10.1. The Morgan fingerprint density at radius 2 is 1.81 bits per heavy atom. The summed E-state index contributed by atoms with van der Waals surface area (Å²) < 4.78 is 17.7. The van der Waals surface area contributed by atoms with Gasteiger partial charge in [-0.1, -0.05) is 36.4 Å². The van der Waals surface area contributed by atoms with Gasteiger partial charge in [-0.15, -0.1) is 0 Å². The highest BCUT2D eigenvalue weighted by molar-refractivity contribution is 7.71. The Morgan fingerprint density at radius 3 is 2.46 bits per heavy atom. The number of halogens is 1. The standard InChI is InChI=1S/C20H23FN4S/c1-4-24-19(18-8-6-5-7-15(18)2)22-25(20(24)26)14-23(3)13-16-9-11-17(21)12-10-16/h5-12H,4,13-14H2,1-3H3. The lowest BCUT2D eigenvalue weighted by Crippen LogP contribution is -2.22. The van der Waals surface area contributed by atoms with Crippen LogP contribution in [0.25, 0.3) is 11.4 Å². The number of hydrogen-bond acceptors (Lipinski definition) is 3. The lowest BCUT2D eigenvalue weighted by Gasteiger charge is -2.16. The van der Waals surface area contributed by atoms with Crippen LogP contribution in [0.1, 0.15) is 18.1 Å². The van der Waals surface area contributed by atoms with E-state index in [9.17, 15) is 4.39 Å². The van der Waals surface area contributed by atoms with E-state index in [0.717, 1.165) is 23.5 Å². The van der Waals surface area contributed by atoms with Crippen LogP contribution in [0.15, 0.2) is 48.5 Å². The highest BCUT2D eigenvalue weighted by Crippen LogP contribution is 2.22. The molecule has 1 aromatic heterocycles. The molecule has 2 aromatic carbocycles. The summed E-state index contributed by atoms with van der Waals surface area (Å²) in [6.07, 6.45) is 0. The first kappa shape index (κ1) is 18.5. The van der Waals surface area contributed by atoms with Gasteiger partial charge in [-0.3, -0.25) is 4.90 Å². The summed E-state index contributed by atoms with van der Waals surface area (Å²) >= 11 is 5.64. The SMILES string of the molecule is CCn1c(-c2ccccc2C)nn(CN(C)Cc2ccc(F)cc2)c1=S. The van der Waals surface area contributed by atoms with Crippen molar-refractivity contribution in [2.24, 2.45) is 0 Å². The van der Waals surface area contributed by atoms with Crippen molar-refractivity contribution >= 4 is 12.2 Å². The van der Waals surface area contributed by atoms with E-state index >= 15 is 0 Å². The zero-order valence-corrected chi connectivity index (χ0v) is 16.1. The molecule has 0 aliphatic carbocycles. The van der Waals surface area contributed by atoms with Crippen molar-refractivity contribution in [3.63, 3.8) is 0 Å². The number of hydrogen-bond donors (Lipinski definition) is 0. The second kappa shape index (κ2) is 7.93. The first-order chi connectivity index (χ1) is 12.5. The molecule has 4 nitrogen and oxygen atoms in total. The molecule has 0 amide bonds. The fourth-order valence-corrected chi connectivity index (χ4v) is 3.34. The minimum absolute atomic E-state index is 0.219. The van der Waals surface area contributed by atoms with Crippen LogP contribution in [0.3, 0.4) is 0 Å². The Morgan fingerprint density at radius 1 is 1.12 bits per heavy atom. The quantitative estimate of drug-likeness (QED) is 0.591. The maximum Gasteiger partial charge on any atom is 0.199 e. The summed E-state index contributed by atoms with van der Waals surface area (Å²) in [5, 5.41) is 4.78. The van der Waals surface area contributed by atoms with E-state index in [1.165, 1.54) is 17.7 Å². The Labute approximate surface area is 158 Å². The molecule has 3 rings (SSSR count). The molecule has 0 saturated carbocycles. The van der Waals surface area contributed by atoms with Crippen LogP contribution in [-0.2, 0) is 19.8 Å². The van der Waals surface area contributed by atoms with Crippen molar-refractivity contribution in [1.29, 1.82) is 0 Å². The van der Waals surface area contributed by atoms with Crippen molar-refractivity contribution in [2.45, 2.75) is 33.6 Å². The van der Waals surface area contributed by atoms with E-state index in [2.05, 4.69) is 35.4 Å². The molecule has 0 aliphatic rings. The molecule has 1 heterocycles. The van der Waals surface area contributed by atoms with Crippen LogP contribution in [0.4, 0.5) is 4.39 Å². The molecule has 0 spiro atoms. The second-order valence-corrected chi connectivity index (χ2v) is 6.81. The summed E-state index contributed by atoms with van der Waals surface area (Å²) in [5.74, 6) is 0.675. The summed E-state index contributed by atoms with van der Waals surface area (Å²) in [6.45, 7) is 6.19. The first-order valence-electron chi connectivity index (χ1n) is 8.66. The van der Waals surface area contributed by atoms with Crippen molar-refractivity contribution in [1.82, 2.24) is 19.2 Å². The Bertz CT molecular complexity index is 943. The molecule has 0 bridgehead atoms. The maximum atomic E-state index is 13.1. The number of aryl methyl sites for hydroxylation is 1. The molecule has 3 aromatic rings. The molecule has 0 N–H and O–H groups in total. The highest BCUT2D eigenvalue weighted by Gasteiger charge is 2.14. The molecule has 0 aliphatic heterocycles. The normalized spacial score (nSPS) is 11.3. The Kier molecular flexibility index (Phi) is 5.64. The van der Waals surface area contributed by atoms with Gasteiger partial charge in [0.05, 0.1) is 6.67 Å². The molecule has 0 atom stereocenters. The van der Waals surface area contributed by atoms with Gasteiger partial charge in [0.15, 0.2) is 10.6 Å². The van der Waals surface area contributed by atoms with Gasteiger partial charge in [0.25, 0.3) is 0 Å². The monoisotopic (exact) mass is 370 g/mol.